The fraction of sp³-hybridized carbons (Fsp3) is 0. The van der Waals surface area contributed by atoms with E-state index < -0.39 is 10.0 Å². The van der Waals surface area contributed by atoms with Gasteiger partial charge in [-0.05, 0) is 52.3 Å². The highest BCUT2D eigenvalue weighted by Crippen LogP contribution is 2.36. The van der Waals surface area contributed by atoms with Crippen LogP contribution in [0.15, 0.2) is 45.8 Å². The Labute approximate surface area is 140 Å². The van der Waals surface area contributed by atoms with Gasteiger partial charge >= 0.3 is 0 Å². The maximum absolute atomic E-state index is 12.3. The van der Waals surface area contributed by atoms with Gasteiger partial charge in [-0.15, -0.1) is 0 Å². The van der Waals surface area contributed by atoms with Crippen LogP contribution in [0.5, 0.6) is 0 Å². The van der Waals surface area contributed by atoms with E-state index in [2.05, 4.69) is 26.1 Å². The maximum Gasteiger partial charge on any atom is 0.261 e. The van der Waals surface area contributed by atoms with Crippen LogP contribution < -0.4 is 16.0 Å². The van der Waals surface area contributed by atoms with Gasteiger partial charge in [0.1, 0.15) is 0 Å². The summed E-state index contributed by atoms with van der Waals surface area (Å²) < 4.78 is 27.5. The Morgan fingerprint density at radius 2 is 1.62 bits per heavy atom. The highest BCUT2D eigenvalue weighted by Gasteiger charge is 2.17. The van der Waals surface area contributed by atoms with Crippen molar-refractivity contribution in [2.24, 2.45) is 5.84 Å². The molecule has 0 fully saturated rings. The van der Waals surface area contributed by atoms with Gasteiger partial charge in [0.2, 0.25) is 0 Å². The van der Waals surface area contributed by atoms with Crippen molar-refractivity contribution in [3.05, 3.63) is 50.9 Å². The van der Waals surface area contributed by atoms with E-state index in [1.54, 1.807) is 18.2 Å². The van der Waals surface area contributed by atoms with Crippen LogP contribution in [0.4, 0.5) is 11.4 Å². The van der Waals surface area contributed by atoms with Gasteiger partial charge in [-0.25, -0.2) is 8.42 Å². The van der Waals surface area contributed by atoms with Gasteiger partial charge in [0, 0.05) is 10.2 Å². The van der Waals surface area contributed by atoms with Crippen molar-refractivity contribution >= 4 is 60.5 Å². The first-order valence-electron chi connectivity index (χ1n) is 5.58. The molecule has 112 valence electrons. The fourth-order valence-electron chi connectivity index (χ4n) is 1.54. The molecule has 0 radical (unpaired) electrons. The van der Waals surface area contributed by atoms with Crippen LogP contribution in [0.1, 0.15) is 0 Å². The molecule has 9 heteroatoms. The summed E-state index contributed by atoms with van der Waals surface area (Å²) in [7, 11) is -3.77. The van der Waals surface area contributed by atoms with Gasteiger partial charge in [-0.2, -0.15) is 0 Å². The Balaban J connectivity index is 2.35. The standard InChI is InChI=1S/C12H10BrCl2N3O2S/c13-9-5-6-10(12(15)11(9)14)18-21(19,20)8-3-1-7(17-16)2-4-8/h1-6,17-18H,16H2. The molecule has 0 amide bonds. The fourth-order valence-corrected chi connectivity index (χ4v) is 3.49. The number of hydrazine groups is 1. The Morgan fingerprint density at radius 1 is 1.00 bits per heavy atom. The summed E-state index contributed by atoms with van der Waals surface area (Å²) in [5.41, 5.74) is 3.22. The molecular weight excluding hydrogens is 401 g/mol. The van der Waals surface area contributed by atoms with Crippen LogP contribution in [0.3, 0.4) is 0 Å². The molecule has 0 aromatic heterocycles. The maximum atomic E-state index is 12.3. The summed E-state index contributed by atoms with van der Waals surface area (Å²) in [6, 6.07) is 9.06. The molecule has 2 rings (SSSR count). The third-order valence-corrected chi connectivity index (χ3v) is 5.76. The van der Waals surface area contributed by atoms with E-state index >= 15 is 0 Å². The number of anilines is 2. The van der Waals surface area contributed by atoms with E-state index in [-0.39, 0.29) is 20.6 Å². The number of nitrogens with one attached hydrogen (secondary N) is 2. The SMILES string of the molecule is NNc1ccc(S(=O)(=O)Nc2ccc(Br)c(Cl)c2Cl)cc1. The first-order valence-corrected chi connectivity index (χ1v) is 8.61. The summed E-state index contributed by atoms with van der Waals surface area (Å²) in [5.74, 6) is 5.23. The zero-order valence-electron chi connectivity index (χ0n) is 10.4. The van der Waals surface area contributed by atoms with E-state index in [0.29, 0.717) is 10.2 Å². The number of hydrogen-bond acceptors (Lipinski definition) is 4. The molecule has 0 saturated heterocycles. The van der Waals surface area contributed by atoms with E-state index in [0.717, 1.165) is 0 Å². The summed E-state index contributed by atoms with van der Waals surface area (Å²) in [6.07, 6.45) is 0. The van der Waals surface area contributed by atoms with E-state index in [9.17, 15) is 8.42 Å². The molecule has 0 heterocycles. The number of rotatable bonds is 4. The van der Waals surface area contributed by atoms with Crippen molar-refractivity contribution in [3.63, 3.8) is 0 Å². The van der Waals surface area contributed by atoms with Crippen molar-refractivity contribution in [3.8, 4) is 0 Å². The Hall–Kier alpha value is -0.990. The lowest BCUT2D eigenvalue weighted by atomic mass is 10.3. The predicted octanol–water partition coefficient (Wildman–Crippen LogP) is 3.84. The van der Waals surface area contributed by atoms with Crippen molar-refractivity contribution in [1.29, 1.82) is 0 Å². The molecule has 0 aliphatic rings. The molecule has 0 unspecified atom stereocenters. The van der Waals surface area contributed by atoms with E-state index in [1.807, 2.05) is 0 Å². The van der Waals surface area contributed by atoms with Crippen LogP contribution in [-0.2, 0) is 10.0 Å². The number of hydrogen-bond donors (Lipinski definition) is 3. The predicted molar refractivity (Wildman–Crippen MR) is 89.2 cm³/mol. The molecule has 4 N–H and O–H groups in total. The average molecular weight is 411 g/mol. The van der Waals surface area contributed by atoms with Gasteiger partial charge < -0.3 is 5.43 Å². The van der Waals surface area contributed by atoms with Crippen LogP contribution in [0.25, 0.3) is 0 Å². The zero-order valence-corrected chi connectivity index (χ0v) is 14.3. The first kappa shape index (κ1) is 16.4. The summed E-state index contributed by atoms with van der Waals surface area (Å²) in [4.78, 5) is 0.0802. The second kappa shape index (κ2) is 6.41. The van der Waals surface area contributed by atoms with Crippen LogP contribution >= 0.6 is 39.1 Å². The molecule has 0 aliphatic heterocycles. The second-order valence-electron chi connectivity index (χ2n) is 4.00. The van der Waals surface area contributed by atoms with Crippen LogP contribution in [0.2, 0.25) is 10.0 Å². The van der Waals surface area contributed by atoms with Gasteiger partial charge in [0.05, 0.1) is 20.6 Å². The average Bonchev–Trinajstić information content (AvgIpc) is 2.48. The Kier molecular flexibility index (Phi) is 5.00. The monoisotopic (exact) mass is 409 g/mol. The molecule has 0 spiro atoms. The zero-order chi connectivity index (χ0) is 15.6. The summed E-state index contributed by atoms with van der Waals surface area (Å²) in [6.45, 7) is 0. The van der Waals surface area contributed by atoms with Crippen molar-refractivity contribution in [1.82, 2.24) is 0 Å². The van der Waals surface area contributed by atoms with Gasteiger partial charge in [0.25, 0.3) is 10.0 Å². The largest absolute Gasteiger partial charge is 0.324 e. The number of sulfonamides is 1. The molecule has 0 atom stereocenters. The second-order valence-corrected chi connectivity index (χ2v) is 7.29. The molecule has 0 bridgehead atoms. The molecule has 0 saturated carbocycles. The quantitative estimate of drug-likeness (QED) is 0.406. The minimum atomic E-state index is -3.77. The van der Waals surface area contributed by atoms with Crippen molar-refractivity contribution in [2.45, 2.75) is 4.90 Å². The molecule has 5 nitrogen and oxygen atoms in total. The normalized spacial score (nSPS) is 11.2. The minimum absolute atomic E-state index is 0.0802. The Morgan fingerprint density at radius 3 is 2.19 bits per heavy atom. The van der Waals surface area contributed by atoms with Crippen LogP contribution in [0, 0.1) is 0 Å². The highest BCUT2D eigenvalue weighted by atomic mass is 79.9. The molecular formula is C12H10BrCl2N3O2S. The number of benzene rings is 2. The number of nitrogens with two attached hydrogens (primary N) is 1. The first-order chi connectivity index (χ1) is 9.85. The van der Waals surface area contributed by atoms with Crippen molar-refractivity contribution < 1.29 is 8.42 Å². The lowest BCUT2D eigenvalue weighted by Gasteiger charge is -2.11. The molecule has 2 aromatic rings. The van der Waals surface area contributed by atoms with Gasteiger partial charge in [-0.3, -0.25) is 10.6 Å². The number of halogens is 3. The third kappa shape index (κ3) is 3.61. The van der Waals surface area contributed by atoms with Gasteiger partial charge in [-0.1, -0.05) is 23.2 Å². The van der Waals surface area contributed by atoms with Gasteiger partial charge in [0.15, 0.2) is 0 Å². The molecule has 21 heavy (non-hydrogen) atoms. The molecule has 2 aromatic carbocycles. The number of nitrogen functional groups attached to an aromatic ring is 1. The highest BCUT2D eigenvalue weighted by molar-refractivity contribution is 9.10. The van der Waals surface area contributed by atoms with Crippen LogP contribution in [-0.4, -0.2) is 8.42 Å². The van der Waals surface area contributed by atoms with Crippen molar-refractivity contribution in [2.75, 3.05) is 10.1 Å². The molecule has 0 aliphatic carbocycles. The lowest BCUT2D eigenvalue weighted by molar-refractivity contribution is 0.601. The summed E-state index contributed by atoms with van der Waals surface area (Å²) in [5, 5.41) is 0.356. The third-order valence-electron chi connectivity index (χ3n) is 2.61. The minimum Gasteiger partial charge on any atom is -0.324 e. The lowest BCUT2D eigenvalue weighted by Crippen LogP contribution is -2.14. The smallest absolute Gasteiger partial charge is 0.261 e. The topological polar surface area (TPSA) is 84.2 Å². The Bertz CT molecular complexity index is 767. The van der Waals surface area contributed by atoms with E-state index in [1.165, 1.54) is 18.2 Å². The summed E-state index contributed by atoms with van der Waals surface area (Å²) >= 11 is 15.2. The van der Waals surface area contributed by atoms with E-state index in [4.69, 9.17) is 29.0 Å².